The van der Waals surface area contributed by atoms with Crippen LogP contribution in [0.3, 0.4) is 0 Å². The lowest BCUT2D eigenvalue weighted by atomic mass is 10.2. The fourth-order valence-corrected chi connectivity index (χ4v) is 3.24. The van der Waals surface area contributed by atoms with Gasteiger partial charge in [0.05, 0.1) is 29.4 Å². The molecule has 1 fully saturated rings. The molecule has 1 aliphatic heterocycles. The minimum Gasteiger partial charge on any atom is -0.360 e. The summed E-state index contributed by atoms with van der Waals surface area (Å²) in [5, 5.41) is 6.88. The first-order valence-corrected chi connectivity index (χ1v) is 8.31. The molecule has 0 saturated carbocycles. The highest BCUT2D eigenvalue weighted by atomic mass is 32.1. The molecule has 0 unspecified atom stereocenters. The van der Waals surface area contributed by atoms with Gasteiger partial charge < -0.3 is 9.42 Å². The Morgan fingerprint density at radius 2 is 2.09 bits per heavy atom. The van der Waals surface area contributed by atoms with Crippen molar-refractivity contribution >= 4 is 17.2 Å². The van der Waals surface area contributed by atoms with Gasteiger partial charge in [0.2, 0.25) is 5.91 Å². The van der Waals surface area contributed by atoms with Crippen molar-refractivity contribution in [3.05, 3.63) is 33.6 Å². The lowest BCUT2D eigenvalue weighted by Crippen LogP contribution is -2.48. The van der Waals surface area contributed by atoms with E-state index >= 15 is 0 Å². The highest BCUT2D eigenvalue weighted by Crippen LogP contribution is 2.12. The van der Waals surface area contributed by atoms with Crippen LogP contribution in [0.5, 0.6) is 0 Å². The molecule has 0 atom stereocenters. The average molecular weight is 320 g/mol. The molecule has 2 aromatic rings. The van der Waals surface area contributed by atoms with Crippen LogP contribution in [0, 0.1) is 13.8 Å². The van der Waals surface area contributed by atoms with Crippen molar-refractivity contribution in [3.8, 4) is 0 Å². The summed E-state index contributed by atoms with van der Waals surface area (Å²) in [5.74, 6) is 1.05. The molecule has 6 nitrogen and oxygen atoms in total. The third-order valence-electron chi connectivity index (χ3n) is 3.78. The summed E-state index contributed by atoms with van der Waals surface area (Å²) in [6.45, 7) is 7.88. The van der Waals surface area contributed by atoms with E-state index in [2.05, 4.69) is 15.0 Å². The van der Waals surface area contributed by atoms with Gasteiger partial charge in [0.25, 0.3) is 0 Å². The molecular weight excluding hydrogens is 300 g/mol. The third-order valence-corrected chi connectivity index (χ3v) is 4.60. The Hall–Kier alpha value is -1.73. The zero-order chi connectivity index (χ0) is 15.5. The molecule has 0 aromatic carbocycles. The quantitative estimate of drug-likeness (QED) is 0.857. The summed E-state index contributed by atoms with van der Waals surface area (Å²) < 4.78 is 5.24. The van der Waals surface area contributed by atoms with Crippen LogP contribution in [-0.2, 0) is 17.8 Å². The zero-order valence-electron chi connectivity index (χ0n) is 12.9. The summed E-state index contributed by atoms with van der Waals surface area (Å²) in [4.78, 5) is 20.9. The van der Waals surface area contributed by atoms with E-state index in [-0.39, 0.29) is 5.91 Å². The summed E-state index contributed by atoms with van der Waals surface area (Å²) >= 11 is 1.59. The van der Waals surface area contributed by atoms with Gasteiger partial charge in [-0.1, -0.05) is 5.16 Å². The predicted molar refractivity (Wildman–Crippen MR) is 83.7 cm³/mol. The topological polar surface area (TPSA) is 62.5 Å². The van der Waals surface area contributed by atoms with Gasteiger partial charge in [-0.25, -0.2) is 4.98 Å². The van der Waals surface area contributed by atoms with E-state index in [1.54, 1.807) is 11.3 Å². The van der Waals surface area contributed by atoms with Crippen LogP contribution in [-0.4, -0.2) is 52.0 Å². The average Bonchev–Trinajstić information content (AvgIpc) is 3.08. The van der Waals surface area contributed by atoms with Crippen LogP contribution in [0.4, 0.5) is 0 Å². The number of nitrogens with zero attached hydrogens (tertiary/aromatic N) is 4. The maximum Gasteiger partial charge on any atom is 0.228 e. The highest BCUT2D eigenvalue weighted by molar-refractivity contribution is 7.09. The van der Waals surface area contributed by atoms with Crippen molar-refractivity contribution in [2.75, 3.05) is 26.2 Å². The minimum atomic E-state index is 0.167. The van der Waals surface area contributed by atoms with Crippen LogP contribution in [0.15, 0.2) is 16.0 Å². The SMILES string of the molecule is Cc1cc(CN2CCN(C(=O)Cc3csc(C)n3)CC2)on1. The Kier molecular flexibility index (Phi) is 4.54. The fourth-order valence-electron chi connectivity index (χ4n) is 2.62. The minimum absolute atomic E-state index is 0.167. The van der Waals surface area contributed by atoms with Gasteiger partial charge in [-0.3, -0.25) is 9.69 Å². The largest absolute Gasteiger partial charge is 0.360 e. The number of piperazine rings is 1. The number of amides is 1. The number of aryl methyl sites for hydroxylation is 2. The van der Waals surface area contributed by atoms with Crippen LogP contribution < -0.4 is 0 Å². The second kappa shape index (κ2) is 6.58. The maximum atomic E-state index is 12.3. The van der Waals surface area contributed by atoms with Gasteiger partial charge in [0.15, 0.2) is 5.76 Å². The lowest BCUT2D eigenvalue weighted by Gasteiger charge is -2.34. The molecule has 3 heterocycles. The molecule has 0 spiro atoms. The zero-order valence-corrected chi connectivity index (χ0v) is 13.7. The first-order chi connectivity index (χ1) is 10.6. The monoisotopic (exact) mass is 320 g/mol. The number of carbonyl (C=O) groups is 1. The molecule has 118 valence electrons. The highest BCUT2D eigenvalue weighted by Gasteiger charge is 2.22. The smallest absolute Gasteiger partial charge is 0.228 e. The van der Waals surface area contributed by atoms with E-state index in [9.17, 15) is 4.79 Å². The summed E-state index contributed by atoms with van der Waals surface area (Å²) in [6, 6.07) is 1.96. The van der Waals surface area contributed by atoms with Crippen LogP contribution >= 0.6 is 11.3 Å². The molecular formula is C15H20N4O2S. The number of carbonyl (C=O) groups excluding carboxylic acids is 1. The van der Waals surface area contributed by atoms with Crippen molar-refractivity contribution in [1.82, 2.24) is 19.9 Å². The summed E-state index contributed by atoms with van der Waals surface area (Å²) in [6.07, 6.45) is 0.408. The van der Waals surface area contributed by atoms with E-state index < -0.39 is 0 Å². The predicted octanol–water partition coefficient (Wildman–Crippen LogP) is 1.63. The number of hydrogen-bond donors (Lipinski definition) is 0. The molecule has 1 amide bonds. The number of thiazole rings is 1. The van der Waals surface area contributed by atoms with Crippen molar-refractivity contribution < 1.29 is 9.32 Å². The molecule has 0 bridgehead atoms. The Balaban J connectivity index is 1.47. The van der Waals surface area contributed by atoms with Gasteiger partial charge in [-0.05, 0) is 13.8 Å². The van der Waals surface area contributed by atoms with Gasteiger partial charge in [0, 0.05) is 37.6 Å². The van der Waals surface area contributed by atoms with E-state index in [0.717, 1.165) is 54.9 Å². The standard InChI is InChI=1S/C15H20N4O2S/c1-11-7-14(21-17-11)9-18-3-5-19(6-4-18)15(20)8-13-10-22-12(2)16-13/h7,10H,3-6,8-9H2,1-2H3. The molecule has 7 heteroatoms. The summed E-state index contributed by atoms with van der Waals surface area (Å²) in [5.41, 5.74) is 1.79. The second-order valence-electron chi connectivity index (χ2n) is 5.63. The molecule has 0 aliphatic carbocycles. The first-order valence-electron chi connectivity index (χ1n) is 7.43. The van der Waals surface area contributed by atoms with Crippen molar-refractivity contribution in [1.29, 1.82) is 0 Å². The molecule has 3 rings (SSSR count). The van der Waals surface area contributed by atoms with E-state index in [1.807, 2.05) is 30.2 Å². The van der Waals surface area contributed by atoms with Crippen LogP contribution in [0.2, 0.25) is 0 Å². The molecule has 1 aliphatic rings. The van der Waals surface area contributed by atoms with Crippen molar-refractivity contribution in [3.63, 3.8) is 0 Å². The van der Waals surface area contributed by atoms with Crippen LogP contribution in [0.1, 0.15) is 22.2 Å². The van der Waals surface area contributed by atoms with Crippen LogP contribution in [0.25, 0.3) is 0 Å². The normalized spacial score (nSPS) is 16.2. The fraction of sp³-hybridized carbons (Fsp3) is 0.533. The van der Waals surface area contributed by atoms with Crippen molar-refractivity contribution in [2.24, 2.45) is 0 Å². The molecule has 0 N–H and O–H groups in total. The Labute approximate surface area is 133 Å². The number of hydrogen-bond acceptors (Lipinski definition) is 6. The number of rotatable bonds is 4. The maximum absolute atomic E-state index is 12.3. The molecule has 0 radical (unpaired) electrons. The Morgan fingerprint density at radius 1 is 1.32 bits per heavy atom. The van der Waals surface area contributed by atoms with Gasteiger partial charge in [-0.15, -0.1) is 11.3 Å². The van der Waals surface area contributed by atoms with Crippen molar-refractivity contribution in [2.45, 2.75) is 26.8 Å². The molecule has 22 heavy (non-hydrogen) atoms. The second-order valence-corrected chi connectivity index (χ2v) is 6.69. The Morgan fingerprint density at radius 3 is 2.68 bits per heavy atom. The summed E-state index contributed by atoms with van der Waals surface area (Å²) in [7, 11) is 0. The Bertz CT molecular complexity index is 644. The van der Waals surface area contributed by atoms with E-state index in [0.29, 0.717) is 6.42 Å². The van der Waals surface area contributed by atoms with E-state index in [1.165, 1.54) is 0 Å². The van der Waals surface area contributed by atoms with Gasteiger partial charge in [0.1, 0.15) is 0 Å². The van der Waals surface area contributed by atoms with Gasteiger partial charge in [-0.2, -0.15) is 0 Å². The van der Waals surface area contributed by atoms with Gasteiger partial charge >= 0.3 is 0 Å². The van der Waals surface area contributed by atoms with E-state index in [4.69, 9.17) is 4.52 Å². The molecule has 1 saturated heterocycles. The first kappa shape index (κ1) is 15.2. The molecule has 2 aromatic heterocycles. The lowest BCUT2D eigenvalue weighted by molar-refractivity contribution is -0.132. The number of aromatic nitrogens is 2. The third kappa shape index (κ3) is 3.72.